The van der Waals surface area contributed by atoms with Gasteiger partial charge in [0.25, 0.3) is 5.91 Å². The van der Waals surface area contributed by atoms with E-state index in [-0.39, 0.29) is 18.1 Å². The number of rotatable bonds is 7. The molecule has 0 bridgehead atoms. The third-order valence-corrected chi connectivity index (χ3v) is 4.12. The smallest absolute Gasteiger partial charge is 0.338 e. The SMILES string of the molecule is Cc1ccc(SCCNC(=O)COC(=O)c2cccc(F)c2)cc1. The Hall–Kier alpha value is -2.34. The van der Waals surface area contributed by atoms with Crippen molar-refractivity contribution in [2.45, 2.75) is 11.8 Å². The van der Waals surface area contributed by atoms with Crippen LogP contribution in [0.3, 0.4) is 0 Å². The predicted octanol–water partition coefficient (Wildman–Crippen LogP) is 3.20. The highest BCUT2D eigenvalue weighted by Gasteiger charge is 2.10. The van der Waals surface area contributed by atoms with Gasteiger partial charge in [-0.05, 0) is 37.3 Å². The molecule has 2 aromatic carbocycles. The van der Waals surface area contributed by atoms with E-state index in [0.29, 0.717) is 12.3 Å². The number of aryl methyl sites for hydroxylation is 1. The Morgan fingerprint density at radius 2 is 1.92 bits per heavy atom. The summed E-state index contributed by atoms with van der Waals surface area (Å²) in [7, 11) is 0. The molecular formula is C18H18FNO3S. The first-order chi connectivity index (χ1) is 11.5. The van der Waals surface area contributed by atoms with Crippen molar-refractivity contribution in [1.29, 1.82) is 0 Å². The molecule has 0 aromatic heterocycles. The number of benzene rings is 2. The summed E-state index contributed by atoms with van der Waals surface area (Å²) in [6, 6.07) is 13.3. The predicted molar refractivity (Wildman–Crippen MR) is 91.6 cm³/mol. The zero-order chi connectivity index (χ0) is 17.4. The fraction of sp³-hybridized carbons (Fsp3) is 0.222. The topological polar surface area (TPSA) is 55.4 Å². The third kappa shape index (κ3) is 6.04. The molecule has 0 saturated carbocycles. The maximum atomic E-state index is 13.0. The van der Waals surface area contributed by atoms with Gasteiger partial charge in [0.1, 0.15) is 5.82 Å². The van der Waals surface area contributed by atoms with Crippen molar-refractivity contribution in [1.82, 2.24) is 5.32 Å². The van der Waals surface area contributed by atoms with Crippen molar-refractivity contribution in [3.05, 3.63) is 65.5 Å². The molecule has 4 nitrogen and oxygen atoms in total. The summed E-state index contributed by atoms with van der Waals surface area (Å²) < 4.78 is 17.9. The first-order valence-corrected chi connectivity index (χ1v) is 8.42. The quantitative estimate of drug-likeness (QED) is 0.475. The minimum Gasteiger partial charge on any atom is -0.452 e. The fourth-order valence-electron chi connectivity index (χ4n) is 1.87. The Morgan fingerprint density at radius 1 is 1.17 bits per heavy atom. The molecule has 0 aliphatic rings. The van der Waals surface area contributed by atoms with Crippen LogP contribution in [0.4, 0.5) is 4.39 Å². The van der Waals surface area contributed by atoms with Gasteiger partial charge >= 0.3 is 5.97 Å². The van der Waals surface area contributed by atoms with Crippen LogP contribution in [-0.2, 0) is 9.53 Å². The van der Waals surface area contributed by atoms with E-state index in [0.717, 1.165) is 11.0 Å². The number of hydrogen-bond donors (Lipinski definition) is 1. The first-order valence-electron chi connectivity index (χ1n) is 7.43. The average molecular weight is 347 g/mol. The monoisotopic (exact) mass is 347 g/mol. The highest BCUT2D eigenvalue weighted by molar-refractivity contribution is 7.99. The van der Waals surface area contributed by atoms with Gasteiger partial charge in [-0.25, -0.2) is 9.18 Å². The van der Waals surface area contributed by atoms with Crippen LogP contribution in [0.1, 0.15) is 15.9 Å². The standard InChI is InChI=1S/C18H18FNO3S/c1-13-5-7-16(8-6-13)24-10-9-20-17(21)12-23-18(22)14-3-2-4-15(19)11-14/h2-8,11H,9-10,12H2,1H3,(H,20,21). The van der Waals surface area contributed by atoms with E-state index in [9.17, 15) is 14.0 Å². The van der Waals surface area contributed by atoms with Crippen molar-refractivity contribution in [2.24, 2.45) is 0 Å². The molecule has 24 heavy (non-hydrogen) atoms. The molecule has 0 atom stereocenters. The number of carbonyl (C=O) groups excluding carboxylic acids is 2. The summed E-state index contributed by atoms with van der Waals surface area (Å²) in [6.07, 6.45) is 0. The second-order valence-electron chi connectivity index (χ2n) is 5.10. The van der Waals surface area contributed by atoms with Gasteiger partial charge in [-0.15, -0.1) is 11.8 Å². The molecule has 1 N–H and O–H groups in total. The minimum atomic E-state index is -0.723. The van der Waals surface area contributed by atoms with Gasteiger partial charge in [-0.2, -0.15) is 0 Å². The summed E-state index contributed by atoms with van der Waals surface area (Å²) in [5.41, 5.74) is 1.28. The van der Waals surface area contributed by atoms with E-state index in [1.807, 2.05) is 31.2 Å². The van der Waals surface area contributed by atoms with Crippen molar-refractivity contribution < 1.29 is 18.7 Å². The number of ether oxygens (including phenoxy) is 1. The van der Waals surface area contributed by atoms with Gasteiger partial charge in [-0.3, -0.25) is 4.79 Å². The first kappa shape index (κ1) is 18.0. The molecule has 0 fully saturated rings. The summed E-state index contributed by atoms with van der Waals surface area (Å²) in [5.74, 6) is -0.919. The van der Waals surface area contributed by atoms with E-state index in [4.69, 9.17) is 4.74 Å². The number of hydrogen-bond acceptors (Lipinski definition) is 4. The molecular weight excluding hydrogens is 329 g/mol. The Bertz CT molecular complexity index is 704. The Labute approximate surface area is 144 Å². The van der Waals surface area contributed by atoms with Gasteiger partial charge in [0, 0.05) is 17.2 Å². The van der Waals surface area contributed by atoms with Gasteiger partial charge < -0.3 is 10.1 Å². The largest absolute Gasteiger partial charge is 0.452 e. The number of esters is 1. The van der Waals surface area contributed by atoms with E-state index in [2.05, 4.69) is 5.32 Å². The molecule has 0 spiro atoms. The van der Waals surface area contributed by atoms with Crippen LogP contribution >= 0.6 is 11.8 Å². The Morgan fingerprint density at radius 3 is 2.62 bits per heavy atom. The molecule has 6 heteroatoms. The summed E-state index contributed by atoms with van der Waals surface area (Å²) in [4.78, 5) is 24.4. The van der Waals surface area contributed by atoms with Gasteiger partial charge in [-0.1, -0.05) is 23.8 Å². The molecule has 0 aliphatic heterocycles. The summed E-state index contributed by atoms with van der Waals surface area (Å²) in [5, 5.41) is 2.67. The zero-order valence-electron chi connectivity index (χ0n) is 13.3. The molecule has 0 aliphatic carbocycles. The molecule has 0 heterocycles. The third-order valence-electron chi connectivity index (χ3n) is 3.11. The van der Waals surface area contributed by atoms with Gasteiger partial charge in [0.2, 0.25) is 0 Å². The second-order valence-corrected chi connectivity index (χ2v) is 6.27. The lowest BCUT2D eigenvalue weighted by molar-refractivity contribution is -0.124. The second kappa shape index (κ2) is 9.08. The number of nitrogens with one attached hydrogen (secondary N) is 1. The van der Waals surface area contributed by atoms with Crippen LogP contribution in [0.25, 0.3) is 0 Å². The van der Waals surface area contributed by atoms with Crippen LogP contribution in [0.5, 0.6) is 0 Å². The van der Waals surface area contributed by atoms with E-state index in [1.54, 1.807) is 11.8 Å². The molecule has 2 aromatic rings. The maximum Gasteiger partial charge on any atom is 0.338 e. The number of amides is 1. The van der Waals surface area contributed by atoms with Gasteiger partial charge in [0.15, 0.2) is 6.61 Å². The molecule has 0 unspecified atom stereocenters. The Balaban J connectivity index is 1.64. The number of carbonyl (C=O) groups is 2. The molecule has 126 valence electrons. The van der Waals surface area contributed by atoms with Crippen LogP contribution in [0.2, 0.25) is 0 Å². The zero-order valence-corrected chi connectivity index (χ0v) is 14.1. The van der Waals surface area contributed by atoms with Crippen LogP contribution in [-0.4, -0.2) is 30.8 Å². The average Bonchev–Trinajstić information content (AvgIpc) is 2.58. The molecule has 0 saturated heterocycles. The van der Waals surface area contributed by atoms with Crippen LogP contribution < -0.4 is 5.32 Å². The van der Waals surface area contributed by atoms with Crippen LogP contribution in [0, 0.1) is 12.7 Å². The molecule has 2 rings (SSSR count). The Kier molecular flexibility index (Phi) is 6.81. The fourth-order valence-corrected chi connectivity index (χ4v) is 2.64. The maximum absolute atomic E-state index is 13.0. The van der Waals surface area contributed by atoms with Crippen molar-refractivity contribution in [2.75, 3.05) is 18.9 Å². The lowest BCUT2D eigenvalue weighted by Gasteiger charge is -2.07. The lowest BCUT2D eigenvalue weighted by Crippen LogP contribution is -2.30. The molecule has 0 radical (unpaired) electrons. The number of thioether (sulfide) groups is 1. The highest BCUT2D eigenvalue weighted by atomic mass is 32.2. The minimum absolute atomic E-state index is 0.0812. The highest BCUT2D eigenvalue weighted by Crippen LogP contribution is 2.17. The van der Waals surface area contributed by atoms with Gasteiger partial charge in [0.05, 0.1) is 5.56 Å². The normalized spacial score (nSPS) is 10.2. The summed E-state index contributed by atoms with van der Waals surface area (Å²) >= 11 is 1.63. The number of halogens is 1. The summed E-state index contributed by atoms with van der Waals surface area (Å²) in [6.45, 7) is 2.11. The molecule has 1 amide bonds. The van der Waals surface area contributed by atoms with E-state index in [1.165, 1.54) is 23.8 Å². The van der Waals surface area contributed by atoms with E-state index < -0.39 is 11.8 Å². The van der Waals surface area contributed by atoms with Crippen molar-refractivity contribution in [3.63, 3.8) is 0 Å². The van der Waals surface area contributed by atoms with Crippen LogP contribution in [0.15, 0.2) is 53.4 Å². The van der Waals surface area contributed by atoms with Crippen molar-refractivity contribution >= 4 is 23.6 Å². The van der Waals surface area contributed by atoms with Crippen molar-refractivity contribution in [3.8, 4) is 0 Å². The lowest BCUT2D eigenvalue weighted by atomic mass is 10.2. The van der Waals surface area contributed by atoms with E-state index >= 15 is 0 Å².